The smallest absolute Gasteiger partial charge is 0.240 e. The third-order valence-corrected chi connectivity index (χ3v) is 7.30. The molecule has 4 rings (SSSR count). The molecule has 156 valence electrons. The minimum atomic E-state index is -3.48. The monoisotopic (exact) mass is 418 g/mol. The molecule has 0 bridgehead atoms. The van der Waals surface area contributed by atoms with Gasteiger partial charge >= 0.3 is 0 Å². The van der Waals surface area contributed by atoms with Gasteiger partial charge in [-0.1, -0.05) is 6.07 Å². The third-order valence-electron chi connectivity index (χ3n) is 5.78. The lowest BCUT2D eigenvalue weighted by atomic mass is 10.1. The molecule has 0 unspecified atom stereocenters. The maximum absolute atomic E-state index is 12.9. The van der Waals surface area contributed by atoms with E-state index in [1.165, 1.54) is 23.3 Å². The lowest BCUT2D eigenvalue weighted by molar-refractivity contribution is 0.170. The number of piperidine rings is 1. The summed E-state index contributed by atoms with van der Waals surface area (Å²) >= 11 is 0. The molecular formula is C22H27FN2O3S. The zero-order valence-corrected chi connectivity index (χ0v) is 17.3. The Kier molecular flexibility index (Phi) is 6.18. The van der Waals surface area contributed by atoms with E-state index in [9.17, 15) is 12.8 Å². The highest BCUT2D eigenvalue weighted by Gasteiger charge is 2.25. The fourth-order valence-electron chi connectivity index (χ4n) is 4.10. The first kappa shape index (κ1) is 20.3. The minimum Gasteiger partial charge on any atom is -0.492 e. The van der Waals surface area contributed by atoms with Gasteiger partial charge in [-0.3, -0.25) is 4.90 Å². The summed E-state index contributed by atoms with van der Waals surface area (Å²) in [5, 5.41) is 0. The van der Waals surface area contributed by atoms with Crippen molar-refractivity contribution in [3.8, 4) is 5.75 Å². The van der Waals surface area contributed by atoms with Gasteiger partial charge in [-0.05, 0) is 92.7 Å². The molecule has 5 nitrogen and oxygen atoms in total. The zero-order valence-electron chi connectivity index (χ0n) is 16.4. The van der Waals surface area contributed by atoms with Crippen LogP contribution in [0.2, 0.25) is 0 Å². The Bertz CT molecular complexity index is 939. The molecule has 0 saturated carbocycles. The molecule has 0 atom stereocenters. The number of nitrogens with one attached hydrogen (secondary N) is 1. The van der Waals surface area contributed by atoms with Crippen molar-refractivity contribution < 1.29 is 17.5 Å². The number of sulfonamides is 1. The van der Waals surface area contributed by atoms with E-state index in [0.29, 0.717) is 17.3 Å². The molecule has 2 aromatic rings. The van der Waals surface area contributed by atoms with Crippen molar-refractivity contribution in [2.75, 3.05) is 26.2 Å². The van der Waals surface area contributed by atoms with Gasteiger partial charge in [0.15, 0.2) is 0 Å². The van der Waals surface area contributed by atoms with E-state index < -0.39 is 10.0 Å². The first-order chi connectivity index (χ1) is 14.0. The van der Waals surface area contributed by atoms with Crippen LogP contribution in [0.25, 0.3) is 0 Å². The molecule has 29 heavy (non-hydrogen) atoms. The fraction of sp³-hybridized carbons (Fsp3) is 0.455. The predicted octanol–water partition coefficient (Wildman–Crippen LogP) is 3.14. The number of fused-ring (bicyclic) bond motifs is 1. The van der Waals surface area contributed by atoms with Crippen molar-refractivity contribution >= 4 is 10.0 Å². The van der Waals surface area contributed by atoms with Crippen LogP contribution in [0.5, 0.6) is 5.75 Å². The second-order valence-electron chi connectivity index (χ2n) is 7.82. The molecule has 7 heteroatoms. The lowest BCUT2D eigenvalue weighted by Crippen LogP contribution is -2.45. The number of hydrogen-bond donors (Lipinski definition) is 1. The number of aryl methyl sites for hydroxylation is 2. The molecule has 0 radical (unpaired) electrons. The van der Waals surface area contributed by atoms with E-state index in [4.69, 9.17) is 4.74 Å². The molecule has 2 aromatic carbocycles. The molecule has 1 saturated heterocycles. The average Bonchev–Trinajstić information content (AvgIpc) is 3.18. The standard InChI is InChI=1S/C22H27FN2O3S/c23-19-5-7-21(8-6-19)28-15-14-25-12-10-20(11-13-25)24-29(26,27)22-9-4-17-2-1-3-18(17)16-22/h4-9,16,20,24H,1-3,10-15H2. The Balaban J connectivity index is 1.23. The summed E-state index contributed by atoms with van der Waals surface area (Å²) in [4.78, 5) is 2.65. The van der Waals surface area contributed by atoms with Crippen molar-refractivity contribution in [2.45, 2.75) is 43.0 Å². The van der Waals surface area contributed by atoms with Gasteiger partial charge in [-0.25, -0.2) is 17.5 Å². The first-order valence-electron chi connectivity index (χ1n) is 10.2. The fourth-order valence-corrected chi connectivity index (χ4v) is 5.46. The van der Waals surface area contributed by atoms with Crippen molar-refractivity contribution in [1.29, 1.82) is 0 Å². The molecule has 1 heterocycles. The van der Waals surface area contributed by atoms with Gasteiger partial charge < -0.3 is 4.74 Å². The summed E-state index contributed by atoms with van der Waals surface area (Å²) in [6.07, 6.45) is 4.68. The Morgan fingerprint density at radius 1 is 1.03 bits per heavy atom. The van der Waals surface area contributed by atoms with Crippen LogP contribution < -0.4 is 9.46 Å². The van der Waals surface area contributed by atoms with Crippen LogP contribution in [0.1, 0.15) is 30.4 Å². The maximum atomic E-state index is 12.9. The Hall–Kier alpha value is -1.96. The maximum Gasteiger partial charge on any atom is 0.240 e. The van der Waals surface area contributed by atoms with Gasteiger partial charge in [0.25, 0.3) is 0 Å². The van der Waals surface area contributed by atoms with Gasteiger partial charge in [0.2, 0.25) is 10.0 Å². The van der Waals surface area contributed by atoms with Gasteiger partial charge in [0, 0.05) is 12.6 Å². The van der Waals surface area contributed by atoms with Crippen molar-refractivity contribution in [3.05, 3.63) is 59.4 Å². The highest BCUT2D eigenvalue weighted by molar-refractivity contribution is 7.89. The van der Waals surface area contributed by atoms with Crippen LogP contribution in [0.3, 0.4) is 0 Å². The van der Waals surface area contributed by atoms with Crippen LogP contribution in [0.4, 0.5) is 4.39 Å². The summed E-state index contributed by atoms with van der Waals surface area (Å²) in [6.45, 7) is 2.94. The van der Waals surface area contributed by atoms with Crippen molar-refractivity contribution in [2.24, 2.45) is 0 Å². The van der Waals surface area contributed by atoms with Gasteiger partial charge in [0.05, 0.1) is 4.90 Å². The van der Waals surface area contributed by atoms with Crippen LogP contribution >= 0.6 is 0 Å². The molecular weight excluding hydrogens is 391 g/mol. The van der Waals surface area contributed by atoms with Crippen LogP contribution in [0, 0.1) is 5.82 Å². The second-order valence-corrected chi connectivity index (χ2v) is 9.54. The summed E-state index contributed by atoms with van der Waals surface area (Å²) in [5.74, 6) is 0.380. The number of hydrogen-bond acceptors (Lipinski definition) is 4. The SMILES string of the molecule is O=S(=O)(NC1CCN(CCOc2ccc(F)cc2)CC1)c1ccc2c(c1)CCC2. The van der Waals surface area contributed by atoms with E-state index in [1.807, 2.05) is 12.1 Å². The third kappa shape index (κ3) is 5.15. The molecule has 0 spiro atoms. The summed E-state index contributed by atoms with van der Waals surface area (Å²) in [6, 6.07) is 11.5. The Labute approximate surface area is 171 Å². The molecule has 1 N–H and O–H groups in total. The molecule has 1 aliphatic carbocycles. The number of likely N-dealkylation sites (tertiary alicyclic amines) is 1. The van der Waals surface area contributed by atoms with Crippen LogP contribution in [0.15, 0.2) is 47.4 Å². The zero-order chi connectivity index (χ0) is 20.3. The van der Waals surface area contributed by atoms with E-state index in [1.54, 1.807) is 18.2 Å². The number of benzene rings is 2. The molecule has 0 aromatic heterocycles. The minimum absolute atomic E-state index is 0.0393. The summed E-state index contributed by atoms with van der Waals surface area (Å²) < 4.78 is 47.0. The van der Waals surface area contributed by atoms with E-state index in [2.05, 4.69) is 9.62 Å². The predicted molar refractivity (Wildman–Crippen MR) is 110 cm³/mol. The topological polar surface area (TPSA) is 58.6 Å². The highest BCUT2D eigenvalue weighted by atomic mass is 32.2. The van der Waals surface area contributed by atoms with Gasteiger partial charge in [-0.15, -0.1) is 0 Å². The van der Waals surface area contributed by atoms with Gasteiger partial charge in [-0.2, -0.15) is 0 Å². The number of halogens is 1. The largest absolute Gasteiger partial charge is 0.492 e. The molecule has 0 amide bonds. The van der Waals surface area contributed by atoms with Crippen LogP contribution in [-0.2, 0) is 22.9 Å². The second kappa shape index (κ2) is 8.81. The molecule has 2 aliphatic rings. The van der Waals surface area contributed by atoms with Crippen LogP contribution in [-0.4, -0.2) is 45.6 Å². The number of rotatable bonds is 7. The normalized spacial score (nSPS) is 18.0. The number of ether oxygens (including phenoxy) is 1. The first-order valence-corrected chi connectivity index (χ1v) is 11.7. The molecule has 1 aliphatic heterocycles. The average molecular weight is 419 g/mol. The van der Waals surface area contributed by atoms with E-state index in [0.717, 1.165) is 51.7 Å². The Morgan fingerprint density at radius 3 is 2.52 bits per heavy atom. The summed E-state index contributed by atoms with van der Waals surface area (Å²) in [5.41, 5.74) is 2.45. The van der Waals surface area contributed by atoms with Crippen molar-refractivity contribution in [3.63, 3.8) is 0 Å². The summed E-state index contributed by atoms with van der Waals surface area (Å²) in [7, 11) is -3.48. The molecule has 1 fully saturated rings. The van der Waals surface area contributed by atoms with E-state index >= 15 is 0 Å². The lowest BCUT2D eigenvalue weighted by Gasteiger charge is -2.32. The van der Waals surface area contributed by atoms with Crippen molar-refractivity contribution in [1.82, 2.24) is 9.62 Å². The Morgan fingerprint density at radius 2 is 1.76 bits per heavy atom. The number of nitrogens with zero attached hydrogens (tertiary/aromatic N) is 1. The van der Waals surface area contributed by atoms with E-state index in [-0.39, 0.29) is 11.9 Å². The quantitative estimate of drug-likeness (QED) is 0.751. The highest BCUT2D eigenvalue weighted by Crippen LogP contribution is 2.25. The van der Waals surface area contributed by atoms with Gasteiger partial charge in [0.1, 0.15) is 18.2 Å².